The zero-order chi connectivity index (χ0) is 9.26. The van der Waals surface area contributed by atoms with E-state index in [0.717, 1.165) is 21.3 Å². The summed E-state index contributed by atoms with van der Waals surface area (Å²) in [6, 6.07) is 2.00. The molecule has 0 fully saturated rings. The highest BCUT2D eigenvalue weighted by Gasteiger charge is 2.08. The maximum absolute atomic E-state index is 5.17. The number of rotatable bonds is 2. The van der Waals surface area contributed by atoms with Crippen LogP contribution in [0.25, 0.3) is 10.6 Å². The highest BCUT2D eigenvalue weighted by molar-refractivity contribution is 7.16. The molecular formula is C9H10N2OS. The van der Waals surface area contributed by atoms with Crippen LogP contribution in [0.3, 0.4) is 0 Å². The molecule has 0 spiro atoms. The lowest BCUT2D eigenvalue weighted by Crippen LogP contribution is -1.80. The van der Waals surface area contributed by atoms with Gasteiger partial charge in [0.15, 0.2) is 5.06 Å². The molecule has 2 rings (SSSR count). The van der Waals surface area contributed by atoms with Gasteiger partial charge in [0, 0.05) is 18.0 Å². The van der Waals surface area contributed by atoms with E-state index >= 15 is 0 Å². The van der Waals surface area contributed by atoms with Gasteiger partial charge in [-0.3, -0.25) is 0 Å². The van der Waals surface area contributed by atoms with E-state index in [1.807, 2.05) is 25.4 Å². The van der Waals surface area contributed by atoms with Crippen LogP contribution in [0.2, 0.25) is 0 Å². The average Bonchev–Trinajstić information content (AvgIpc) is 2.71. The zero-order valence-electron chi connectivity index (χ0n) is 7.50. The first-order valence-corrected chi connectivity index (χ1v) is 4.77. The highest BCUT2D eigenvalue weighted by atomic mass is 32.1. The van der Waals surface area contributed by atoms with E-state index in [9.17, 15) is 0 Å². The number of nitrogens with one attached hydrogen (secondary N) is 1. The topological polar surface area (TPSA) is 37.9 Å². The molecule has 0 saturated heterocycles. The summed E-state index contributed by atoms with van der Waals surface area (Å²) < 4.78 is 5.17. The van der Waals surface area contributed by atoms with Gasteiger partial charge in [-0.15, -0.1) is 0 Å². The van der Waals surface area contributed by atoms with Crippen LogP contribution in [0.1, 0.15) is 5.69 Å². The third-order valence-electron chi connectivity index (χ3n) is 1.78. The number of methoxy groups -OCH3 is 1. The fourth-order valence-corrected chi connectivity index (χ4v) is 2.03. The van der Waals surface area contributed by atoms with Gasteiger partial charge in [-0.1, -0.05) is 11.3 Å². The number of ether oxygens (including phenoxy) is 1. The average molecular weight is 194 g/mol. The Labute approximate surface area is 80.4 Å². The molecule has 4 heteroatoms. The molecule has 3 nitrogen and oxygen atoms in total. The summed E-state index contributed by atoms with van der Waals surface area (Å²) in [7, 11) is 1.67. The van der Waals surface area contributed by atoms with Crippen molar-refractivity contribution in [3.63, 3.8) is 0 Å². The van der Waals surface area contributed by atoms with Crippen LogP contribution in [-0.4, -0.2) is 17.1 Å². The molecule has 13 heavy (non-hydrogen) atoms. The summed E-state index contributed by atoms with van der Waals surface area (Å²) in [6.45, 7) is 1.95. The molecule has 2 aromatic heterocycles. The fraction of sp³-hybridized carbons (Fsp3) is 0.222. The number of aromatic nitrogens is 2. The molecule has 0 amide bonds. The normalized spacial score (nSPS) is 10.3. The van der Waals surface area contributed by atoms with Crippen molar-refractivity contribution >= 4 is 11.3 Å². The summed E-state index contributed by atoms with van der Waals surface area (Å²) >= 11 is 1.56. The van der Waals surface area contributed by atoms with E-state index in [2.05, 4.69) is 9.97 Å². The van der Waals surface area contributed by atoms with Crippen molar-refractivity contribution in [3.05, 3.63) is 24.2 Å². The highest BCUT2D eigenvalue weighted by Crippen LogP contribution is 2.32. The molecular weight excluding hydrogens is 184 g/mol. The Hall–Kier alpha value is -1.29. The summed E-state index contributed by atoms with van der Waals surface area (Å²) in [5, 5.41) is 1.88. The lowest BCUT2D eigenvalue weighted by molar-refractivity contribution is 0.423. The number of aryl methyl sites for hydroxylation is 1. The molecule has 0 aliphatic heterocycles. The smallest absolute Gasteiger partial charge is 0.197 e. The number of aromatic amines is 1. The standard InChI is InChI=1S/C9H10N2OS/c1-6-9(12-2)13-8(11-6)7-3-4-10-5-7/h3-5,10H,1-2H3. The predicted molar refractivity (Wildman–Crippen MR) is 53.2 cm³/mol. The molecule has 1 N–H and O–H groups in total. The molecule has 0 saturated carbocycles. The monoisotopic (exact) mass is 194 g/mol. The summed E-state index contributed by atoms with van der Waals surface area (Å²) in [6.07, 6.45) is 3.82. The van der Waals surface area contributed by atoms with Gasteiger partial charge in [0.2, 0.25) is 0 Å². The fourth-order valence-electron chi connectivity index (χ4n) is 1.15. The van der Waals surface area contributed by atoms with Gasteiger partial charge in [-0.05, 0) is 13.0 Å². The van der Waals surface area contributed by atoms with Crippen molar-refractivity contribution in [1.29, 1.82) is 0 Å². The lowest BCUT2D eigenvalue weighted by Gasteiger charge is -1.90. The van der Waals surface area contributed by atoms with Crippen molar-refractivity contribution in [2.45, 2.75) is 6.92 Å². The molecule has 0 atom stereocenters. The van der Waals surface area contributed by atoms with Crippen molar-refractivity contribution in [2.24, 2.45) is 0 Å². The maximum atomic E-state index is 5.17. The van der Waals surface area contributed by atoms with Crippen LogP contribution in [-0.2, 0) is 0 Å². The number of hydrogen-bond acceptors (Lipinski definition) is 3. The second kappa shape index (κ2) is 3.22. The Morgan fingerprint density at radius 1 is 1.54 bits per heavy atom. The predicted octanol–water partition coefficient (Wildman–Crippen LogP) is 2.46. The van der Waals surface area contributed by atoms with Crippen LogP contribution < -0.4 is 4.74 Å². The molecule has 0 aromatic carbocycles. The maximum Gasteiger partial charge on any atom is 0.197 e. The first-order chi connectivity index (χ1) is 6.31. The Balaban J connectivity index is 2.43. The Bertz CT molecular complexity index is 392. The van der Waals surface area contributed by atoms with Gasteiger partial charge in [0.25, 0.3) is 0 Å². The minimum Gasteiger partial charge on any atom is -0.486 e. The molecule has 2 aromatic rings. The lowest BCUT2D eigenvalue weighted by atomic mass is 10.4. The van der Waals surface area contributed by atoms with Crippen molar-refractivity contribution in [1.82, 2.24) is 9.97 Å². The van der Waals surface area contributed by atoms with E-state index in [1.165, 1.54) is 0 Å². The molecule has 0 bridgehead atoms. The Morgan fingerprint density at radius 2 is 2.38 bits per heavy atom. The van der Waals surface area contributed by atoms with Gasteiger partial charge in [0.05, 0.1) is 12.8 Å². The Kier molecular flexibility index (Phi) is 2.06. The number of H-pyrrole nitrogens is 1. The number of nitrogens with zero attached hydrogens (tertiary/aromatic N) is 1. The molecule has 0 aliphatic rings. The van der Waals surface area contributed by atoms with Crippen LogP contribution >= 0.6 is 11.3 Å². The van der Waals surface area contributed by atoms with Crippen LogP contribution in [0.5, 0.6) is 5.06 Å². The van der Waals surface area contributed by atoms with Crippen molar-refractivity contribution < 1.29 is 4.74 Å². The summed E-state index contributed by atoms with van der Waals surface area (Å²) in [5.41, 5.74) is 2.06. The minimum atomic E-state index is 0.885. The SMILES string of the molecule is COc1sc(-c2cc[nH]c2)nc1C. The van der Waals surface area contributed by atoms with Crippen LogP contribution in [0.15, 0.2) is 18.5 Å². The van der Waals surface area contributed by atoms with Crippen molar-refractivity contribution in [2.75, 3.05) is 7.11 Å². The van der Waals surface area contributed by atoms with Gasteiger partial charge in [-0.25, -0.2) is 4.98 Å². The number of hydrogen-bond donors (Lipinski definition) is 1. The third kappa shape index (κ3) is 1.45. The van der Waals surface area contributed by atoms with Crippen molar-refractivity contribution in [3.8, 4) is 15.6 Å². The summed E-state index contributed by atoms with van der Waals surface area (Å²) in [4.78, 5) is 7.40. The first kappa shape index (κ1) is 8.31. The zero-order valence-corrected chi connectivity index (χ0v) is 8.31. The largest absolute Gasteiger partial charge is 0.486 e. The van der Waals surface area contributed by atoms with E-state index in [-0.39, 0.29) is 0 Å². The minimum absolute atomic E-state index is 0.885. The quantitative estimate of drug-likeness (QED) is 0.797. The van der Waals surface area contributed by atoms with Gasteiger partial charge >= 0.3 is 0 Å². The van der Waals surface area contributed by atoms with E-state index in [1.54, 1.807) is 18.4 Å². The van der Waals surface area contributed by atoms with Crippen LogP contribution in [0.4, 0.5) is 0 Å². The summed E-state index contributed by atoms with van der Waals surface area (Å²) in [5.74, 6) is 0. The molecule has 68 valence electrons. The van der Waals surface area contributed by atoms with E-state index in [0.29, 0.717) is 0 Å². The van der Waals surface area contributed by atoms with E-state index < -0.39 is 0 Å². The third-order valence-corrected chi connectivity index (χ3v) is 2.95. The second-order valence-electron chi connectivity index (χ2n) is 2.70. The molecule has 0 unspecified atom stereocenters. The van der Waals surface area contributed by atoms with Gasteiger partial charge in [-0.2, -0.15) is 0 Å². The second-order valence-corrected chi connectivity index (χ2v) is 3.66. The molecule has 0 radical (unpaired) electrons. The van der Waals surface area contributed by atoms with Crippen LogP contribution in [0, 0.1) is 6.92 Å². The Morgan fingerprint density at radius 3 is 2.92 bits per heavy atom. The number of thiazole rings is 1. The van der Waals surface area contributed by atoms with Gasteiger partial charge in [0.1, 0.15) is 5.01 Å². The van der Waals surface area contributed by atoms with E-state index in [4.69, 9.17) is 4.74 Å². The molecule has 0 aliphatic carbocycles. The molecule has 2 heterocycles. The first-order valence-electron chi connectivity index (χ1n) is 3.96. The van der Waals surface area contributed by atoms with Gasteiger partial charge < -0.3 is 9.72 Å².